The van der Waals surface area contributed by atoms with Crippen molar-refractivity contribution in [2.75, 3.05) is 6.54 Å². The van der Waals surface area contributed by atoms with Crippen molar-refractivity contribution >= 4 is 5.97 Å². The van der Waals surface area contributed by atoms with Crippen LogP contribution >= 0.6 is 0 Å². The van der Waals surface area contributed by atoms with Gasteiger partial charge in [0, 0.05) is 12.6 Å². The van der Waals surface area contributed by atoms with Crippen LogP contribution in [0.3, 0.4) is 0 Å². The molecule has 1 saturated carbocycles. The van der Waals surface area contributed by atoms with Crippen molar-refractivity contribution in [3.63, 3.8) is 0 Å². The van der Waals surface area contributed by atoms with Gasteiger partial charge in [0.25, 0.3) is 0 Å². The minimum Gasteiger partial charge on any atom is -0.481 e. The highest BCUT2D eigenvalue weighted by Gasteiger charge is 2.23. The smallest absolute Gasteiger partial charge is 0.307 e. The van der Waals surface area contributed by atoms with Crippen LogP contribution in [0.1, 0.15) is 33.1 Å². The van der Waals surface area contributed by atoms with E-state index in [1.165, 1.54) is 19.3 Å². The van der Waals surface area contributed by atoms with Crippen molar-refractivity contribution in [2.24, 2.45) is 11.8 Å². The summed E-state index contributed by atoms with van der Waals surface area (Å²) in [7, 11) is 0. The zero-order chi connectivity index (χ0) is 9.84. The summed E-state index contributed by atoms with van der Waals surface area (Å²) < 4.78 is 0. The van der Waals surface area contributed by atoms with E-state index in [-0.39, 0.29) is 5.92 Å². The molecule has 0 aromatic rings. The van der Waals surface area contributed by atoms with Gasteiger partial charge < -0.3 is 10.4 Å². The number of carboxylic acids is 1. The monoisotopic (exact) mass is 185 g/mol. The van der Waals surface area contributed by atoms with Crippen LogP contribution < -0.4 is 5.32 Å². The molecule has 1 rings (SSSR count). The van der Waals surface area contributed by atoms with Crippen LogP contribution in [0.5, 0.6) is 0 Å². The maximum Gasteiger partial charge on any atom is 0.307 e. The van der Waals surface area contributed by atoms with Gasteiger partial charge in [-0.05, 0) is 18.8 Å². The lowest BCUT2D eigenvalue weighted by Gasteiger charge is -2.18. The molecule has 3 unspecified atom stereocenters. The summed E-state index contributed by atoms with van der Waals surface area (Å²) in [6.07, 6.45) is 3.76. The third-order valence-corrected chi connectivity index (χ3v) is 2.97. The maximum absolute atomic E-state index is 10.5. The number of carboxylic acid groups (broad SMARTS) is 1. The molecule has 1 aliphatic rings. The number of nitrogens with one attached hydrogen (secondary N) is 1. The Balaban J connectivity index is 2.22. The molecule has 0 aromatic carbocycles. The first kappa shape index (κ1) is 10.5. The number of carbonyl (C=O) groups is 1. The standard InChI is InChI=1S/C10H19NO2/c1-7-4-3-5-9(7)11-6-8(2)10(12)13/h7-9,11H,3-6H2,1-2H3,(H,12,13). The summed E-state index contributed by atoms with van der Waals surface area (Å²) >= 11 is 0. The second-order valence-corrected chi connectivity index (χ2v) is 4.16. The van der Waals surface area contributed by atoms with Crippen LogP contribution in [0.4, 0.5) is 0 Å². The van der Waals surface area contributed by atoms with Gasteiger partial charge in [0.2, 0.25) is 0 Å². The Morgan fingerprint density at radius 1 is 1.62 bits per heavy atom. The van der Waals surface area contributed by atoms with E-state index in [2.05, 4.69) is 12.2 Å². The molecule has 0 heterocycles. The van der Waals surface area contributed by atoms with E-state index in [9.17, 15) is 4.79 Å². The Bertz CT molecular complexity index is 182. The topological polar surface area (TPSA) is 49.3 Å². The van der Waals surface area contributed by atoms with Crippen LogP contribution in [0.15, 0.2) is 0 Å². The highest BCUT2D eigenvalue weighted by atomic mass is 16.4. The molecular formula is C10H19NO2. The minimum atomic E-state index is -0.710. The summed E-state index contributed by atoms with van der Waals surface area (Å²) in [6.45, 7) is 4.58. The van der Waals surface area contributed by atoms with Crippen LogP contribution in [0, 0.1) is 11.8 Å². The summed E-state index contributed by atoms with van der Waals surface area (Å²) in [5.74, 6) is -0.271. The third kappa shape index (κ3) is 2.99. The van der Waals surface area contributed by atoms with Gasteiger partial charge in [-0.25, -0.2) is 0 Å². The molecule has 0 amide bonds. The third-order valence-electron chi connectivity index (χ3n) is 2.97. The molecule has 0 saturated heterocycles. The van der Waals surface area contributed by atoms with Gasteiger partial charge in [0.15, 0.2) is 0 Å². The van der Waals surface area contributed by atoms with Gasteiger partial charge in [0.1, 0.15) is 0 Å². The fourth-order valence-corrected chi connectivity index (χ4v) is 1.86. The van der Waals surface area contributed by atoms with E-state index >= 15 is 0 Å². The summed E-state index contributed by atoms with van der Waals surface area (Å²) in [5, 5.41) is 12.0. The van der Waals surface area contributed by atoms with Crippen molar-refractivity contribution in [2.45, 2.75) is 39.2 Å². The van der Waals surface area contributed by atoms with Crippen LogP contribution in [0.25, 0.3) is 0 Å². The number of rotatable bonds is 4. The maximum atomic E-state index is 10.5. The Labute approximate surface area is 79.5 Å². The van der Waals surface area contributed by atoms with E-state index in [0.717, 1.165) is 0 Å². The average Bonchev–Trinajstić information content (AvgIpc) is 2.47. The molecule has 1 aliphatic carbocycles. The van der Waals surface area contributed by atoms with E-state index in [4.69, 9.17) is 5.11 Å². The van der Waals surface area contributed by atoms with E-state index < -0.39 is 5.97 Å². The molecule has 76 valence electrons. The van der Waals surface area contributed by atoms with E-state index in [0.29, 0.717) is 18.5 Å². The molecular weight excluding hydrogens is 166 g/mol. The van der Waals surface area contributed by atoms with Crippen LogP contribution in [-0.2, 0) is 4.79 Å². The van der Waals surface area contributed by atoms with Crippen LogP contribution in [0.2, 0.25) is 0 Å². The first-order valence-corrected chi connectivity index (χ1v) is 5.07. The molecule has 3 heteroatoms. The van der Waals surface area contributed by atoms with E-state index in [1.54, 1.807) is 6.92 Å². The average molecular weight is 185 g/mol. The lowest BCUT2D eigenvalue weighted by molar-refractivity contribution is -0.141. The predicted octanol–water partition coefficient (Wildman–Crippen LogP) is 1.49. The lowest BCUT2D eigenvalue weighted by Crippen LogP contribution is -2.36. The number of hydrogen-bond acceptors (Lipinski definition) is 2. The largest absolute Gasteiger partial charge is 0.481 e. The van der Waals surface area contributed by atoms with Crippen LogP contribution in [-0.4, -0.2) is 23.7 Å². The number of aliphatic carboxylic acids is 1. The predicted molar refractivity (Wildman–Crippen MR) is 51.6 cm³/mol. The first-order valence-electron chi connectivity index (χ1n) is 5.07. The Morgan fingerprint density at radius 3 is 2.77 bits per heavy atom. The molecule has 2 N–H and O–H groups in total. The molecule has 3 nitrogen and oxygen atoms in total. The Morgan fingerprint density at radius 2 is 2.31 bits per heavy atom. The van der Waals surface area contributed by atoms with Crippen molar-refractivity contribution in [3.05, 3.63) is 0 Å². The second kappa shape index (κ2) is 4.61. The first-order chi connectivity index (χ1) is 6.11. The van der Waals surface area contributed by atoms with Gasteiger partial charge in [-0.2, -0.15) is 0 Å². The molecule has 3 atom stereocenters. The summed E-state index contributed by atoms with van der Waals surface area (Å²) in [4.78, 5) is 10.5. The fourth-order valence-electron chi connectivity index (χ4n) is 1.86. The zero-order valence-corrected chi connectivity index (χ0v) is 8.42. The zero-order valence-electron chi connectivity index (χ0n) is 8.42. The van der Waals surface area contributed by atoms with Gasteiger partial charge >= 0.3 is 5.97 Å². The molecule has 0 radical (unpaired) electrons. The summed E-state index contributed by atoms with van der Waals surface area (Å²) in [5.41, 5.74) is 0. The molecule has 0 spiro atoms. The minimum absolute atomic E-state index is 0.271. The lowest BCUT2D eigenvalue weighted by atomic mass is 10.1. The number of hydrogen-bond donors (Lipinski definition) is 2. The molecule has 0 bridgehead atoms. The van der Waals surface area contributed by atoms with E-state index in [1.807, 2.05) is 0 Å². The second-order valence-electron chi connectivity index (χ2n) is 4.16. The van der Waals surface area contributed by atoms with Gasteiger partial charge in [-0.1, -0.05) is 20.3 Å². The SMILES string of the molecule is CC(CNC1CCCC1C)C(=O)O. The quantitative estimate of drug-likeness (QED) is 0.697. The van der Waals surface area contributed by atoms with Crippen molar-refractivity contribution in [1.82, 2.24) is 5.32 Å². The normalized spacial score (nSPS) is 30.3. The molecule has 13 heavy (non-hydrogen) atoms. The Hall–Kier alpha value is -0.570. The summed E-state index contributed by atoms with van der Waals surface area (Å²) in [6, 6.07) is 0.543. The fraction of sp³-hybridized carbons (Fsp3) is 0.900. The molecule has 1 fully saturated rings. The Kier molecular flexibility index (Phi) is 3.72. The van der Waals surface area contributed by atoms with Crippen molar-refractivity contribution in [3.8, 4) is 0 Å². The van der Waals surface area contributed by atoms with Crippen molar-refractivity contribution < 1.29 is 9.90 Å². The molecule has 0 aliphatic heterocycles. The van der Waals surface area contributed by atoms with Gasteiger partial charge in [0.05, 0.1) is 5.92 Å². The van der Waals surface area contributed by atoms with Crippen molar-refractivity contribution in [1.29, 1.82) is 0 Å². The highest BCUT2D eigenvalue weighted by molar-refractivity contribution is 5.69. The molecule has 0 aromatic heterocycles. The van der Waals surface area contributed by atoms with Gasteiger partial charge in [-0.3, -0.25) is 4.79 Å². The van der Waals surface area contributed by atoms with Gasteiger partial charge in [-0.15, -0.1) is 0 Å². The highest BCUT2D eigenvalue weighted by Crippen LogP contribution is 2.24.